The van der Waals surface area contributed by atoms with Crippen LogP contribution in [0, 0.1) is 11.6 Å². The highest BCUT2D eigenvalue weighted by Gasteiger charge is 2.15. The van der Waals surface area contributed by atoms with Crippen LogP contribution in [0.3, 0.4) is 0 Å². The predicted molar refractivity (Wildman–Crippen MR) is 78.1 cm³/mol. The molecule has 3 aromatic rings. The third kappa shape index (κ3) is 2.95. The largest absolute Gasteiger partial charge is 0.418 e. The summed E-state index contributed by atoms with van der Waals surface area (Å²) in [6.45, 7) is 1.80. The summed E-state index contributed by atoms with van der Waals surface area (Å²) in [4.78, 5) is 0. The molecule has 0 bridgehead atoms. The van der Waals surface area contributed by atoms with Crippen LogP contribution in [0.1, 0.15) is 18.9 Å². The Balaban J connectivity index is 1.77. The van der Waals surface area contributed by atoms with Crippen LogP contribution >= 0.6 is 0 Å². The highest BCUT2D eigenvalue weighted by atomic mass is 19.2. The first kappa shape index (κ1) is 14.2. The Kier molecular flexibility index (Phi) is 3.82. The molecule has 6 heteroatoms. The molecule has 0 fully saturated rings. The van der Waals surface area contributed by atoms with Gasteiger partial charge >= 0.3 is 0 Å². The maximum Gasteiger partial charge on any atom is 0.247 e. The van der Waals surface area contributed by atoms with Crippen LogP contribution in [0.5, 0.6) is 0 Å². The molecule has 22 heavy (non-hydrogen) atoms. The molecule has 3 rings (SSSR count). The van der Waals surface area contributed by atoms with E-state index in [1.807, 2.05) is 30.3 Å². The van der Waals surface area contributed by atoms with E-state index in [-0.39, 0.29) is 6.04 Å². The number of rotatable bonds is 4. The molecule has 0 radical (unpaired) electrons. The molecule has 1 atom stereocenters. The lowest BCUT2D eigenvalue weighted by Crippen LogP contribution is -2.07. The van der Waals surface area contributed by atoms with Gasteiger partial charge in [0.2, 0.25) is 11.8 Å². The second-order valence-electron chi connectivity index (χ2n) is 4.81. The van der Waals surface area contributed by atoms with Crippen molar-refractivity contribution in [3.63, 3.8) is 0 Å². The molecular formula is C16H13F2N3O. The van der Waals surface area contributed by atoms with Gasteiger partial charge in [-0.3, -0.25) is 0 Å². The zero-order chi connectivity index (χ0) is 15.5. The molecule has 0 unspecified atom stereocenters. The van der Waals surface area contributed by atoms with Crippen LogP contribution in [-0.4, -0.2) is 10.2 Å². The maximum absolute atomic E-state index is 13.2. The van der Waals surface area contributed by atoms with Crippen molar-refractivity contribution in [3.8, 4) is 11.5 Å². The fourth-order valence-electron chi connectivity index (χ4n) is 2.00. The van der Waals surface area contributed by atoms with Crippen LogP contribution < -0.4 is 5.32 Å². The monoisotopic (exact) mass is 301 g/mol. The SMILES string of the molecule is C[C@H](Nc1ccc(F)c(F)c1)c1nnc(-c2ccccc2)o1. The first-order valence-corrected chi connectivity index (χ1v) is 6.74. The van der Waals surface area contributed by atoms with Crippen LogP contribution in [0.4, 0.5) is 14.5 Å². The molecule has 1 aromatic heterocycles. The summed E-state index contributed by atoms with van der Waals surface area (Å²) in [5, 5.41) is 11.0. The Hall–Kier alpha value is -2.76. The highest BCUT2D eigenvalue weighted by molar-refractivity contribution is 5.52. The molecule has 0 saturated carbocycles. The molecule has 112 valence electrons. The zero-order valence-corrected chi connectivity index (χ0v) is 11.8. The number of hydrogen-bond donors (Lipinski definition) is 1. The van der Waals surface area contributed by atoms with E-state index in [0.29, 0.717) is 17.5 Å². The van der Waals surface area contributed by atoms with E-state index in [1.54, 1.807) is 6.92 Å². The van der Waals surface area contributed by atoms with Crippen molar-refractivity contribution in [3.05, 3.63) is 66.1 Å². The molecule has 1 heterocycles. The Morgan fingerprint density at radius 3 is 2.50 bits per heavy atom. The van der Waals surface area contributed by atoms with Gasteiger partial charge < -0.3 is 9.73 Å². The first-order valence-electron chi connectivity index (χ1n) is 6.74. The van der Waals surface area contributed by atoms with Crippen molar-refractivity contribution in [2.24, 2.45) is 0 Å². The Morgan fingerprint density at radius 1 is 1.00 bits per heavy atom. The van der Waals surface area contributed by atoms with Gasteiger partial charge in [-0.05, 0) is 31.2 Å². The average molecular weight is 301 g/mol. The number of hydrogen-bond acceptors (Lipinski definition) is 4. The minimum atomic E-state index is -0.910. The van der Waals surface area contributed by atoms with E-state index >= 15 is 0 Å². The molecule has 0 saturated heterocycles. The Morgan fingerprint density at radius 2 is 1.77 bits per heavy atom. The third-order valence-electron chi connectivity index (χ3n) is 3.13. The standard InChI is InChI=1S/C16H13F2N3O/c1-10(19-12-7-8-13(17)14(18)9-12)15-20-21-16(22-15)11-5-3-2-4-6-11/h2-10,19H,1H3/t10-/m0/s1. The number of nitrogens with one attached hydrogen (secondary N) is 1. The van der Waals surface area contributed by atoms with Crippen LogP contribution in [0.2, 0.25) is 0 Å². The van der Waals surface area contributed by atoms with E-state index in [0.717, 1.165) is 17.7 Å². The van der Waals surface area contributed by atoms with Crippen LogP contribution in [0.15, 0.2) is 52.9 Å². The number of benzene rings is 2. The van der Waals surface area contributed by atoms with Crippen LogP contribution in [0.25, 0.3) is 11.5 Å². The summed E-state index contributed by atoms with van der Waals surface area (Å²) in [7, 11) is 0. The van der Waals surface area contributed by atoms with E-state index in [1.165, 1.54) is 6.07 Å². The fraction of sp³-hybridized carbons (Fsp3) is 0.125. The van der Waals surface area contributed by atoms with E-state index in [2.05, 4.69) is 15.5 Å². The van der Waals surface area contributed by atoms with Gasteiger partial charge in [-0.15, -0.1) is 10.2 Å². The molecule has 0 aliphatic carbocycles. The lowest BCUT2D eigenvalue weighted by Gasteiger charge is -2.11. The van der Waals surface area contributed by atoms with Gasteiger partial charge in [0.15, 0.2) is 11.6 Å². The van der Waals surface area contributed by atoms with Crippen molar-refractivity contribution in [2.75, 3.05) is 5.32 Å². The smallest absolute Gasteiger partial charge is 0.247 e. The summed E-state index contributed by atoms with van der Waals surface area (Å²) in [6.07, 6.45) is 0. The molecule has 0 aliphatic rings. The molecular weight excluding hydrogens is 288 g/mol. The number of anilines is 1. The second-order valence-corrected chi connectivity index (χ2v) is 4.81. The minimum Gasteiger partial charge on any atom is -0.418 e. The second kappa shape index (κ2) is 5.93. The van der Waals surface area contributed by atoms with Gasteiger partial charge in [0.25, 0.3) is 0 Å². The van der Waals surface area contributed by atoms with Crippen molar-refractivity contribution >= 4 is 5.69 Å². The van der Waals surface area contributed by atoms with Gasteiger partial charge in [-0.1, -0.05) is 18.2 Å². The molecule has 4 nitrogen and oxygen atoms in total. The molecule has 0 spiro atoms. The predicted octanol–water partition coefficient (Wildman–Crippen LogP) is 4.19. The number of nitrogens with zero attached hydrogens (tertiary/aromatic N) is 2. The number of halogens is 2. The quantitative estimate of drug-likeness (QED) is 0.785. The lowest BCUT2D eigenvalue weighted by atomic mass is 10.2. The zero-order valence-electron chi connectivity index (χ0n) is 11.8. The van der Waals surface area contributed by atoms with Crippen molar-refractivity contribution in [1.29, 1.82) is 0 Å². The minimum absolute atomic E-state index is 0.338. The fourth-order valence-corrected chi connectivity index (χ4v) is 2.00. The van der Waals surface area contributed by atoms with E-state index < -0.39 is 11.6 Å². The Bertz CT molecular complexity index is 774. The van der Waals surface area contributed by atoms with E-state index in [9.17, 15) is 8.78 Å². The van der Waals surface area contributed by atoms with Gasteiger partial charge in [-0.2, -0.15) is 0 Å². The summed E-state index contributed by atoms with van der Waals surface area (Å²) in [5.41, 5.74) is 1.26. The van der Waals surface area contributed by atoms with Crippen LogP contribution in [-0.2, 0) is 0 Å². The molecule has 0 amide bonds. The first-order chi connectivity index (χ1) is 10.6. The topological polar surface area (TPSA) is 51.0 Å². The van der Waals surface area contributed by atoms with Crippen molar-refractivity contribution < 1.29 is 13.2 Å². The lowest BCUT2D eigenvalue weighted by molar-refractivity contribution is 0.484. The van der Waals surface area contributed by atoms with Crippen molar-refractivity contribution in [1.82, 2.24) is 10.2 Å². The molecule has 2 aromatic carbocycles. The maximum atomic E-state index is 13.2. The summed E-state index contributed by atoms with van der Waals surface area (Å²) in [6, 6.07) is 12.6. The van der Waals surface area contributed by atoms with Gasteiger partial charge in [-0.25, -0.2) is 8.78 Å². The van der Waals surface area contributed by atoms with Gasteiger partial charge in [0.05, 0.1) is 0 Å². The van der Waals surface area contributed by atoms with Gasteiger partial charge in [0.1, 0.15) is 6.04 Å². The Labute approximate surface area is 125 Å². The normalized spacial score (nSPS) is 12.1. The molecule has 1 N–H and O–H groups in total. The average Bonchev–Trinajstić information content (AvgIpc) is 3.02. The summed E-state index contributed by atoms with van der Waals surface area (Å²) in [5.74, 6) is -1.02. The highest BCUT2D eigenvalue weighted by Crippen LogP contribution is 2.23. The van der Waals surface area contributed by atoms with Crippen molar-refractivity contribution in [2.45, 2.75) is 13.0 Å². The van der Waals surface area contributed by atoms with Gasteiger partial charge in [0, 0.05) is 17.3 Å². The third-order valence-corrected chi connectivity index (χ3v) is 3.13. The molecule has 0 aliphatic heterocycles. The number of aromatic nitrogens is 2. The summed E-state index contributed by atoms with van der Waals surface area (Å²) < 4.78 is 31.7. The van der Waals surface area contributed by atoms with E-state index in [4.69, 9.17) is 4.42 Å². The summed E-state index contributed by atoms with van der Waals surface area (Å²) >= 11 is 0.